The van der Waals surface area contributed by atoms with Crippen molar-refractivity contribution in [3.05, 3.63) is 18.2 Å². The van der Waals surface area contributed by atoms with E-state index in [4.69, 9.17) is 9.47 Å². The Labute approximate surface area is 168 Å². The van der Waals surface area contributed by atoms with E-state index in [-0.39, 0.29) is 24.0 Å². The number of hydrogen-bond donors (Lipinski definition) is 3. The zero-order valence-corrected chi connectivity index (χ0v) is 18.2. The van der Waals surface area contributed by atoms with Crippen LogP contribution >= 0.6 is 24.0 Å². The number of anilines is 1. The Hall–Kier alpha value is -1.22. The highest BCUT2D eigenvalue weighted by Crippen LogP contribution is 2.30. The summed E-state index contributed by atoms with van der Waals surface area (Å²) in [6.45, 7) is 9.52. The number of guanidine groups is 1. The van der Waals surface area contributed by atoms with Gasteiger partial charge >= 0.3 is 0 Å². The first-order valence-corrected chi connectivity index (χ1v) is 8.60. The molecule has 0 unspecified atom stereocenters. The molecule has 6 nitrogen and oxygen atoms in total. The van der Waals surface area contributed by atoms with Crippen LogP contribution in [0, 0.1) is 0 Å². The SMILES string of the molecule is CCNC(=NCC(O)(CC)CC)Nc1ccc(OC)c(OCC)c1.I. The van der Waals surface area contributed by atoms with Gasteiger partial charge in [-0.15, -0.1) is 24.0 Å². The maximum absolute atomic E-state index is 10.4. The van der Waals surface area contributed by atoms with Crippen molar-refractivity contribution in [2.45, 2.75) is 46.1 Å². The van der Waals surface area contributed by atoms with E-state index >= 15 is 0 Å². The highest BCUT2D eigenvalue weighted by Gasteiger charge is 2.21. The lowest BCUT2D eigenvalue weighted by atomic mass is 9.98. The molecule has 144 valence electrons. The number of nitrogens with one attached hydrogen (secondary N) is 2. The third kappa shape index (κ3) is 7.68. The van der Waals surface area contributed by atoms with Crippen molar-refractivity contribution in [3.63, 3.8) is 0 Å². The lowest BCUT2D eigenvalue weighted by molar-refractivity contribution is 0.0419. The summed E-state index contributed by atoms with van der Waals surface area (Å²) in [5.41, 5.74) is 0.0779. The number of aliphatic imine (C=N–C) groups is 1. The molecule has 0 saturated heterocycles. The molecule has 0 aromatic heterocycles. The molecule has 3 N–H and O–H groups in total. The first kappa shape index (κ1) is 23.8. The number of methoxy groups -OCH3 is 1. The topological polar surface area (TPSA) is 75.1 Å². The Kier molecular flexibility index (Phi) is 11.6. The Morgan fingerprint density at radius 1 is 1.16 bits per heavy atom. The molecule has 7 heteroatoms. The molecule has 25 heavy (non-hydrogen) atoms. The molecule has 0 aliphatic carbocycles. The van der Waals surface area contributed by atoms with Gasteiger partial charge in [-0.3, -0.25) is 4.99 Å². The average molecular weight is 465 g/mol. The molecule has 0 amide bonds. The number of aliphatic hydroxyl groups is 1. The fourth-order valence-corrected chi connectivity index (χ4v) is 2.17. The van der Waals surface area contributed by atoms with E-state index < -0.39 is 5.60 Å². The van der Waals surface area contributed by atoms with Crippen molar-refractivity contribution >= 4 is 35.6 Å². The highest BCUT2D eigenvalue weighted by molar-refractivity contribution is 14.0. The monoisotopic (exact) mass is 465 g/mol. The molecule has 0 saturated carbocycles. The predicted molar refractivity (Wildman–Crippen MR) is 115 cm³/mol. The number of rotatable bonds is 9. The van der Waals surface area contributed by atoms with E-state index in [1.54, 1.807) is 7.11 Å². The molecule has 0 bridgehead atoms. The van der Waals surface area contributed by atoms with Gasteiger partial charge in [0.15, 0.2) is 17.5 Å². The lowest BCUT2D eigenvalue weighted by Gasteiger charge is -2.23. The van der Waals surface area contributed by atoms with E-state index in [9.17, 15) is 5.11 Å². The van der Waals surface area contributed by atoms with Crippen LogP contribution in [0.2, 0.25) is 0 Å². The van der Waals surface area contributed by atoms with Gasteiger partial charge in [-0.2, -0.15) is 0 Å². The lowest BCUT2D eigenvalue weighted by Crippen LogP contribution is -2.35. The van der Waals surface area contributed by atoms with E-state index in [0.29, 0.717) is 43.5 Å². The molecular formula is C18H32IN3O3. The fourth-order valence-electron chi connectivity index (χ4n) is 2.17. The minimum absolute atomic E-state index is 0. The number of ether oxygens (including phenoxy) is 2. The van der Waals surface area contributed by atoms with E-state index in [1.165, 1.54) is 0 Å². The maximum atomic E-state index is 10.4. The third-order valence-corrected chi connectivity index (χ3v) is 3.92. The van der Waals surface area contributed by atoms with Crippen molar-refractivity contribution in [3.8, 4) is 11.5 Å². The summed E-state index contributed by atoms with van der Waals surface area (Å²) in [5, 5.41) is 16.8. The van der Waals surface area contributed by atoms with Crippen molar-refractivity contribution in [1.82, 2.24) is 5.32 Å². The molecule has 0 spiro atoms. The number of nitrogens with zero attached hydrogens (tertiary/aromatic N) is 1. The smallest absolute Gasteiger partial charge is 0.195 e. The highest BCUT2D eigenvalue weighted by atomic mass is 127. The fraction of sp³-hybridized carbons (Fsp3) is 0.611. The van der Waals surface area contributed by atoms with Crippen LogP contribution in [0.25, 0.3) is 0 Å². The van der Waals surface area contributed by atoms with Crippen LogP contribution in [-0.2, 0) is 0 Å². The van der Waals surface area contributed by atoms with Crippen LogP contribution in [-0.4, -0.2) is 43.5 Å². The van der Waals surface area contributed by atoms with E-state index in [0.717, 1.165) is 12.2 Å². The van der Waals surface area contributed by atoms with Crippen LogP contribution in [0.1, 0.15) is 40.5 Å². The summed E-state index contributed by atoms with van der Waals surface area (Å²) >= 11 is 0. The van der Waals surface area contributed by atoms with Crippen molar-refractivity contribution in [2.24, 2.45) is 4.99 Å². The second-order valence-electron chi connectivity index (χ2n) is 5.55. The van der Waals surface area contributed by atoms with Crippen LogP contribution < -0.4 is 20.1 Å². The molecule has 0 heterocycles. The normalized spacial score (nSPS) is 11.5. The molecule has 1 rings (SSSR count). The third-order valence-electron chi connectivity index (χ3n) is 3.92. The second-order valence-corrected chi connectivity index (χ2v) is 5.55. The minimum atomic E-state index is -0.765. The summed E-state index contributed by atoms with van der Waals surface area (Å²) in [6.07, 6.45) is 1.34. The van der Waals surface area contributed by atoms with Gasteiger partial charge in [0.05, 0.1) is 25.9 Å². The van der Waals surface area contributed by atoms with Crippen LogP contribution in [0.15, 0.2) is 23.2 Å². The maximum Gasteiger partial charge on any atom is 0.195 e. The van der Waals surface area contributed by atoms with E-state index in [2.05, 4.69) is 15.6 Å². The molecule has 1 aromatic rings. The number of benzene rings is 1. The Balaban J connectivity index is 0.00000576. The zero-order chi connectivity index (χ0) is 18.0. The van der Waals surface area contributed by atoms with E-state index in [1.807, 2.05) is 45.9 Å². The molecular weight excluding hydrogens is 433 g/mol. The van der Waals surface area contributed by atoms with Gasteiger partial charge in [-0.1, -0.05) is 13.8 Å². The quantitative estimate of drug-likeness (QED) is 0.295. The van der Waals surface area contributed by atoms with Crippen molar-refractivity contribution < 1.29 is 14.6 Å². The van der Waals surface area contributed by atoms with Gasteiger partial charge in [0.2, 0.25) is 0 Å². The van der Waals surface area contributed by atoms with Crippen molar-refractivity contribution in [1.29, 1.82) is 0 Å². The zero-order valence-electron chi connectivity index (χ0n) is 15.9. The van der Waals surface area contributed by atoms with Gasteiger partial charge < -0.3 is 25.2 Å². The predicted octanol–water partition coefficient (Wildman–Crippen LogP) is 3.64. The molecule has 1 aromatic carbocycles. The molecule has 0 aliphatic heterocycles. The van der Waals surface area contributed by atoms with Gasteiger partial charge in [0.1, 0.15) is 0 Å². The Morgan fingerprint density at radius 2 is 1.84 bits per heavy atom. The second kappa shape index (κ2) is 12.2. The number of hydrogen-bond acceptors (Lipinski definition) is 4. The molecule has 0 radical (unpaired) electrons. The molecule has 0 atom stereocenters. The summed E-state index contributed by atoms with van der Waals surface area (Å²) in [7, 11) is 1.62. The summed E-state index contributed by atoms with van der Waals surface area (Å²) in [5.74, 6) is 2.00. The van der Waals surface area contributed by atoms with Crippen molar-refractivity contribution in [2.75, 3.05) is 32.1 Å². The average Bonchev–Trinajstić information content (AvgIpc) is 2.60. The molecule has 0 aliphatic rings. The summed E-state index contributed by atoms with van der Waals surface area (Å²) in [6, 6.07) is 5.63. The Bertz CT molecular complexity index is 534. The summed E-state index contributed by atoms with van der Waals surface area (Å²) < 4.78 is 10.9. The minimum Gasteiger partial charge on any atom is -0.493 e. The molecule has 0 fully saturated rings. The standard InChI is InChI=1S/C18H31N3O3.HI/c1-6-18(22,7-2)13-20-17(19-8-3)21-14-10-11-15(23-5)16(12-14)24-9-4;/h10-12,22H,6-9,13H2,1-5H3,(H2,19,20,21);1H. The number of halogens is 1. The summed E-state index contributed by atoms with van der Waals surface area (Å²) in [4.78, 5) is 4.51. The largest absolute Gasteiger partial charge is 0.493 e. The van der Waals surface area contributed by atoms with Gasteiger partial charge in [-0.05, 0) is 38.8 Å². The van der Waals surface area contributed by atoms with Crippen LogP contribution in [0.5, 0.6) is 11.5 Å². The van der Waals surface area contributed by atoms with Gasteiger partial charge in [0, 0.05) is 18.3 Å². The van der Waals surface area contributed by atoms with Crippen LogP contribution in [0.3, 0.4) is 0 Å². The Morgan fingerprint density at radius 3 is 2.36 bits per heavy atom. The van der Waals surface area contributed by atoms with Crippen LogP contribution in [0.4, 0.5) is 5.69 Å². The van der Waals surface area contributed by atoms with Gasteiger partial charge in [0.25, 0.3) is 0 Å². The van der Waals surface area contributed by atoms with Gasteiger partial charge in [-0.25, -0.2) is 0 Å². The first-order chi connectivity index (χ1) is 11.5. The first-order valence-electron chi connectivity index (χ1n) is 8.60.